The van der Waals surface area contributed by atoms with E-state index in [4.69, 9.17) is 0 Å². The standard InChI is InChI=1S/C4HN2O3/c7-3-1-2-6(9)4(8)5-3/h2H/p+1. The van der Waals surface area contributed by atoms with Crippen LogP contribution in [-0.4, -0.2) is 16.7 Å². The zero-order chi connectivity index (χ0) is 6.85. The molecule has 0 spiro atoms. The molecule has 0 fully saturated rings. The number of rotatable bonds is 0. The van der Waals surface area contributed by atoms with Crippen molar-refractivity contribution >= 4 is 11.9 Å². The maximum absolute atomic E-state index is 10.2. The summed E-state index contributed by atoms with van der Waals surface area (Å²) in [5, 5.41) is 1.72. The Balaban J connectivity index is 2.89. The molecular weight excluding hydrogens is 124 g/mol. The molecular formula is C4H2N2O3+. The van der Waals surface area contributed by atoms with Crippen molar-refractivity contribution in [3.05, 3.63) is 17.2 Å². The quantitative estimate of drug-likeness (QED) is 0.438. The molecule has 1 aliphatic rings. The molecule has 0 saturated carbocycles. The van der Waals surface area contributed by atoms with Gasteiger partial charge in [0.1, 0.15) is 6.08 Å². The molecule has 5 heteroatoms. The van der Waals surface area contributed by atoms with Gasteiger partial charge in [-0.2, -0.15) is 10.1 Å². The normalized spacial score (nSPS) is 18.0. The summed E-state index contributed by atoms with van der Waals surface area (Å²) in [5.41, 5.74) is 0. The average molecular weight is 126 g/mol. The first kappa shape index (κ1) is 5.61. The van der Waals surface area contributed by atoms with Crippen LogP contribution >= 0.6 is 0 Å². The molecule has 45 valence electrons. The second kappa shape index (κ2) is 1.77. The van der Waals surface area contributed by atoms with Gasteiger partial charge in [0.25, 0.3) is 0 Å². The van der Waals surface area contributed by atoms with Crippen LogP contribution in [0, 0.1) is 11.0 Å². The van der Waals surface area contributed by atoms with Crippen LogP contribution in [-0.2, 0) is 4.79 Å². The van der Waals surface area contributed by atoms with Crippen LogP contribution < -0.4 is 5.32 Å². The molecule has 0 atom stereocenters. The van der Waals surface area contributed by atoms with Crippen LogP contribution in [0.4, 0.5) is 4.79 Å². The van der Waals surface area contributed by atoms with E-state index in [1.54, 1.807) is 5.32 Å². The summed E-state index contributed by atoms with van der Waals surface area (Å²) in [4.78, 5) is 30.6. The predicted molar refractivity (Wildman–Crippen MR) is 25.0 cm³/mol. The Kier molecular flexibility index (Phi) is 1.11. The lowest BCUT2D eigenvalue weighted by molar-refractivity contribution is -0.376. The van der Waals surface area contributed by atoms with Crippen molar-refractivity contribution in [1.82, 2.24) is 5.32 Å². The number of urea groups is 1. The number of nitroso groups, excluding NO2 is 1. The summed E-state index contributed by atoms with van der Waals surface area (Å²) >= 11 is 0. The van der Waals surface area contributed by atoms with Crippen LogP contribution in [0.2, 0.25) is 0 Å². The third-order valence-corrected chi connectivity index (χ3v) is 0.734. The van der Waals surface area contributed by atoms with Gasteiger partial charge in [-0.05, 0) is 0 Å². The Bertz CT molecular complexity index is 218. The van der Waals surface area contributed by atoms with Gasteiger partial charge in [0, 0.05) is 4.76 Å². The van der Waals surface area contributed by atoms with Crippen molar-refractivity contribution in [3.8, 4) is 0 Å². The minimum absolute atomic E-state index is 0.0125. The minimum atomic E-state index is -0.973. The lowest BCUT2D eigenvalue weighted by atomic mass is 10.5. The molecule has 0 aliphatic carbocycles. The summed E-state index contributed by atoms with van der Waals surface area (Å²) in [7, 11) is 0. The van der Waals surface area contributed by atoms with Crippen molar-refractivity contribution in [2.45, 2.75) is 0 Å². The van der Waals surface area contributed by atoms with Gasteiger partial charge in [-0.25, -0.2) is 4.79 Å². The van der Waals surface area contributed by atoms with E-state index < -0.39 is 11.9 Å². The molecule has 5 nitrogen and oxygen atoms in total. The summed E-state index contributed by atoms with van der Waals surface area (Å²) in [6, 6.07) is -0.973. The zero-order valence-electron chi connectivity index (χ0n) is 4.25. The van der Waals surface area contributed by atoms with E-state index in [0.717, 1.165) is 6.20 Å². The Morgan fingerprint density at radius 2 is 2.22 bits per heavy atom. The highest BCUT2D eigenvalue weighted by atomic mass is 16.3. The van der Waals surface area contributed by atoms with Crippen molar-refractivity contribution in [2.75, 3.05) is 0 Å². The fourth-order valence-corrected chi connectivity index (χ4v) is 0.364. The number of amides is 3. The first-order chi connectivity index (χ1) is 4.20. The van der Waals surface area contributed by atoms with Crippen LogP contribution in [0.5, 0.6) is 0 Å². The van der Waals surface area contributed by atoms with Gasteiger partial charge in [-0.1, -0.05) is 4.91 Å². The van der Waals surface area contributed by atoms with Gasteiger partial charge in [0.05, 0.1) is 0 Å². The Labute approximate surface area is 49.9 Å². The topological polar surface area (TPSA) is 66.2 Å². The first-order valence-corrected chi connectivity index (χ1v) is 2.11. The highest BCUT2D eigenvalue weighted by Gasteiger charge is 2.25. The smallest absolute Gasteiger partial charge is 0.241 e. The lowest BCUT2D eigenvalue weighted by Gasteiger charge is -1.91. The van der Waals surface area contributed by atoms with E-state index in [0.29, 0.717) is 0 Å². The molecule has 0 aromatic heterocycles. The Morgan fingerprint density at radius 1 is 1.56 bits per heavy atom. The molecule has 3 amide bonds. The molecule has 1 aliphatic heterocycles. The van der Waals surface area contributed by atoms with Crippen LogP contribution in [0.3, 0.4) is 0 Å². The van der Waals surface area contributed by atoms with Gasteiger partial charge in [0.15, 0.2) is 6.20 Å². The molecule has 0 saturated heterocycles. The molecule has 1 heterocycles. The SMILES string of the molecule is O=C1[C]=C[N+](=O)C(=O)N1. The van der Waals surface area contributed by atoms with E-state index in [9.17, 15) is 14.5 Å². The predicted octanol–water partition coefficient (Wildman–Crippen LogP) is -0.668. The third-order valence-electron chi connectivity index (χ3n) is 0.734. The van der Waals surface area contributed by atoms with Gasteiger partial charge in [-0.15, -0.1) is 0 Å². The fraction of sp³-hybridized carbons (Fsp3) is 0. The molecule has 0 aromatic carbocycles. The Morgan fingerprint density at radius 3 is 2.67 bits per heavy atom. The van der Waals surface area contributed by atoms with Crippen LogP contribution in [0.25, 0.3) is 0 Å². The number of hydrogen-bond donors (Lipinski definition) is 1. The number of hydrogen-bond acceptors (Lipinski definition) is 3. The van der Waals surface area contributed by atoms with E-state index >= 15 is 0 Å². The number of carbonyl (C=O) groups excluding carboxylic acids is 2. The molecule has 0 bridgehead atoms. The van der Waals surface area contributed by atoms with Gasteiger partial charge >= 0.3 is 11.9 Å². The number of carbonyl (C=O) groups is 2. The first-order valence-electron chi connectivity index (χ1n) is 2.11. The third kappa shape index (κ3) is 0.987. The highest BCUT2D eigenvalue weighted by molar-refractivity contribution is 5.96. The fourth-order valence-electron chi connectivity index (χ4n) is 0.364. The second-order valence-corrected chi connectivity index (χ2v) is 1.36. The molecule has 0 aromatic rings. The monoisotopic (exact) mass is 126 g/mol. The summed E-state index contributed by atoms with van der Waals surface area (Å²) in [5.74, 6) is -0.688. The molecule has 9 heavy (non-hydrogen) atoms. The van der Waals surface area contributed by atoms with Crippen molar-refractivity contribution in [2.24, 2.45) is 0 Å². The average Bonchev–Trinajstić information content (AvgIpc) is 1.80. The van der Waals surface area contributed by atoms with Crippen molar-refractivity contribution in [1.29, 1.82) is 0 Å². The van der Waals surface area contributed by atoms with Crippen molar-refractivity contribution in [3.63, 3.8) is 0 Å². The Hall–Kier alpha value is -1.52. The number of nitrogens with zero attached hydrogens (tertiary/aromatic N) is 1. The largest absolute Gasteiger partial charge is 0.542 e. The van der Waals surface area contributed by atoms with Gasteiger partial charge < -0.3 is 0 Å². The number of nitrogens with one attached hydrogen (secondary N) is 1. The molecule has 1 radical (unpaired) electrons. The highest BCUT2D eigenvalue weighted by Crippen LogP contribution is 1.85. The van der Waals surface area contributed by atoms with E-state index in [1.165, 1.54) is 0 Å². The maximum atomic E-state index is 10.2. The number of imide groups is 1. The zero-order valence-corrected chi connectivity index (χ0v) is 4.25. The second-order valence-electron chi connectivity index (χ2n) is 1.36. The summed E-state index contributed by atoms with van der Waals surface area (Å²) in [6.07, 6.45) is 2.72. The lowest BCUT2D eigenvalue weighted by Crippen LogP contribution is -2.37. The van der Waals surface area contributed by atoms with Crippen molar-refractivity contribution < 1.29 is 14.3 Å². The van der Waals surface area contributed by atoms with Gasteiger partial charge in [-0.3, -0.25) is 0 Å². The van der Waals surface area contributed by atoms with E-state index in [-0.39, 0.29) is 4.76 Å². The molecule has 1 N–H and O–H groups in total. The van der Waals surface area contributed by atoms with Gasteiger partial charge in [0.2, 0.25) is 0 Å². The summed E-state index contributed by atoms with van der Waals surface area (Å²) in [6.45, 7) is 0. The van der Waals surface area contributed by atoms with Crippen LogP contribution in [0.1, 0.15) is 0 Å². The molecule has 0 unspecified atom stereocenters. The maximum Gasteiger partial charge on any atom is 0.542 e. The summed E-state index contributed by atoms with van der Waals surface area (Å²) < 4.78 is -0.0125. The van der Waals surface area contributed by atoms with E-state index in [1.807, 2.05) is 6.08 Å². The van der Waals surface area contributed by atoms with E-state index in [2.05, 4.69) is 0 Å². The molecule has 1 rings (SSSR count). The minimum Gasteiger partial charge on any atom is -0.241 e. The van der Waals surface area contributed by atoms with Crippen LogP contribution in [0.15, 0.2) is 6.20 Å².